The van der Waals surface area contributed by atoms with E-state index >= 15 is 0 Å². The molecule has 146 valence electrons. The molecule has 0 spiro atoms. The summed E-state index contributed by atoms with van der Waals surface area (Å²) < 4.78 is 10.1. The Kier molecular flexibility index (Phi) is 6.26. The van der Waals surface area contributed by atoms with Gasteiger partial charge in [-0.2, -0.15) is 5.26 Å². The van der Waals surface area contributed by atoms with E-state index in [-0.39, 0.29) is 22.7 Å². The minimum absolute atomic E-state index is 0.137. The average molecular weight is 385 g/mol. The van der Waals surface area contributed by atoms with Crippen molar-refractivity contribution in [1.82, 2.24) is 0 Å². The van der Waals surface area contributed by atoms with E-state index in [1.807, 2.05) is 6.07 Å². The van der Waals surface area contributed by atoms with Gasteiger partial charge in [-0.25, -0.2) is 9.79 Å². The van der Waals surface area contributed by atoms with Crippen LogP contribution in [0.25, 0.3) is 0 Å². The molecule has 0 radical (unpaired) electrons. The summed E-state index contributed by atoms with van der Waals surface area (Å²) in [5, 5.41) is 20.6. The van der Waals surface area contributed by atoms with Gasteiger partial charge < -0.3 is 9.47 Å². The van der Waals surface area contributed by atoms with Gasteiger partial charge in [0.2, 0.25) is 0 Å². The number of non-ortho nitro benzene ring substituents is 1. The van der Waals surface area contributed by atoms with E-state index in [1.54, 1.807) is 26.8 Å². The number of nitrogens with zero attached hydrogens (tertiary/aromatic N) is 3. The highest BCUT2D eigenvalue weighted by molar-refractivity contribution is 6.07. The molecule has 9 nitrogen and oxygen atoms in total. The number of esters is 2. The fourth-order valence-corrected chi connectivity index (χ4v) is 3.08. The first-order valence-corrected chi connectivity index (χ1v) is 8.43. The number of methoxy groups -OCH3 is 1. The second kappa shape index (κ2) is 8.43. The first-order chi connectivity index (χ1) is 13.2. The fourth-order valence-electron chi connectivity index (χ4n) is 3.08. The third kappa shape index (κ3) is 4.06. The minimum Gasteiger partial charge on any atom is -0.466 e. The summed E-state index contributed by atoms with van der Waals surface area (Å²) in [5.74, 6) is -3.53. The van der Waals surface area contributed by atoms with Crippen LogP contribution in [-0.2, 0) is 19.1 Å². The van der Waals surface area contributed by atoms with Crippen LogP contribution >= 0.6 is 0 Å². The third-order valence-corrected chi connectivity index (χ3v) is 4.19. The molecule has 1 unspecified atom stereocenters. The molecule has 1 heterocycles. The monoisotopic (exact) mass is 385 g/mol. The van der Waals surface area contributed by atoms with Gasteiger partial charge in [0.05, 0.1) is 23.7 Å². The molecule has 1 aliphatic heterocycles. The van der Waals surface area contributed by atoms with E-state index in [0.29, 0.717) is 5.56 Å². The summed E-state index contributed by atoms with van der Waals surface area (Å²) in [6.45, 7) is 4.89. The van der Waals surface area contributed by atoms with Crippen LogP contribution < -0.4 is 0 Å². The number of hydrogen-bond donors (Lipinski definition) is 0. The zero-order valence-electron chi connectivity index (χ0n) is 15.8. The van der Waals surface area contributed by atoms with Gasteiger partial charge >= 0.3 is 11.9 Å². The number of hydrogen-bond acceptors (Lipinski definition) is 8. The SMILES string of the molecule is COC(=O)C1=C(C#N)N=C(C)C(C(=O)OC(C)C)[C@@H]1c1cccc([N+](=O)[O-])c1. The molecule has 0 N–H and O–H groups in total. The fraction of sp³-hybridized carbons (Fsp3) is 0.368. The number of aliphatic imine (C=N–C) groups is 1. The molecule has 9 heteroatoms. The Morgan fingerprint density at radius 3 is 2.57 bits per heavy atom. The van der Waals surface area contributed by atoms with Gasteiger partial charge in [0.1, 0.15) is 12.0 Å². The molecule has 2 atom stereocenters. The largest absolute Gasteiger partial charge is 0.466 e. The molecule has 0 aliphatic carbocycles. The van der Waals surface area contributed by atoms with Crippen LogP contribution in [0.15, 0.2) is 40.5 Å². The molecule has 0 saturated heterocycles. The Balaban J connectivity index is 2.74. The summed E-state index contributed by atoms with van der Waals surface area (Å²) in [7, 11) is 1.14. The zero-order chi connectivity index (χ0) is 21.0. The van der Waals surface area contributed by atoms with Crippen molar-refractivity contribution in [2.45, 2.75) is 32.8 Å². The van der Waals surface area contributed by atoms with E-state index < -0.39 is 34.8 Å². The van der Waals surface area contributed by atoms with E-state index in [1.165, 1.54) is 18.2 Å². The molecule has 1 aliphatic rings. The highest BCUT2D eigenvalue weighted by Crippen LogP contribution is 2.41. The van der Waals surface area contributed by atoms with E-state index in [9.17, 15) is 25.0 Å². The highest BCUT2D eigenvalue weighted by atomic mass is 16.6. The highest BCUT2D eigenvalue weighted by Gasteiger charge is 2.43. The maximum absolute atomic E-state index is 12.8. The normalized spacial score (nSPS) is 18.9. The van der Waals surface area contributed by atoms with Crippen LogP contribution in [0.3, 0.4) is 0 Å². The Morgan fingerprint density at radius 1 is 1.36 bits per heavy atom. The van der Waals surface area contributed by atoms with Crippen molar-refractivity contribution in [3.63, 3.8) is 0 Å². The Hall–Kier alpha value is -3.54. The number of ether oxygens (including phenoxy) is 2. The summed E-state index contributed by atoms with van der Waals surface area (Å²) >= 11 is 0. The zero-order valence-corrected chi connectivity index (χ0v) is 15.8. The standard InChI is InChI=1S/C19H19N3O6/c1-10(2)28-19(24)15-11(3)21-14(9-20)17(18(23)27-4)16(15)12-6-5-7-13(8-12)22(25)26/h5-8,10,15-16H,1-4H3/t15?,16-/m0/s1. The Bertz CT molecular complexity index is 926. The number of nitro benzene ring substituents is 1. The van der Waals surface area contributed by atoms with E-state index in [2.05, 4.69) is 4.99 Å². The molecule has 0 amide bonds. The Morgan fingerprint density at radius 2 is 2.04 bits per heavy atom. The maximum Gasteiger partial charge on any atom is 0.337 e. The first kappa shape index (κ1) is 20.8. The maximum atomic E-state index is 12.8. The van der Waals surface area contributed by atoms with Crippen molar-refractivity contribution in [1.29, 1.82) is 5.26 Å². The van der Waals surface area contributed by atoms with Crippen molar-refractivity contribution in [3.05, 3.63) is 51.2 Å². The molecule has 1 aromatic rings. The van der Waals surface area contributed by atoms with E-state index in [0.717, 1.165) is 7.11 Å². The van der Waals surface area contributed by atoms with Gasteiger partial charge in [-0.05, 0) is 26.3 Å². The summed E-state index contributed by atoms with van der Waals surface area (Å²) in [4.78, 5) is 39.9. The molecule has 0 aromatic heterocycles. The third-order valence-electron chi connectivity index (χ3n) is 4.19. The van der Waals surface area contributed by atoms with Gasteiger partial charge in [-0.1, -0.05) is 12.1 Å². The van der Waals surface area contributed by atoms with Crippen LogP contribution in [0.2, 0.25) is 0 Å². The van der Waals surface area contributed by atoms with Crippen LogP contribution in [-0.4, -0.2) is 35.8 Å². The lowest BCUT2D eigenvalue weighted by Crippen LogP contribution is -2.37. The molecule has 28 heavy (non-hydrogen) atoms. The van der Waals surface area contributed by atoms with Crippen molar-refractivity contribution >= 4 is 23.3 Å². The lowest BCUT2D eigenvalue weighted by atomic mass is 9.75. The molecule has 0 bridgehead atoms. The summed E-state index contributed by atoms with van der Waals surface area (Å²) in [6.07, 6.45) is -0.422. The summed E-state index contributed by atoms with van der Waals surface area (Å²) in [5.41, 5.74) is 0.0290. The molecule has 1 aromatic carbocycles. The van der Waals surface area contributed by atoms with Crippen LogP contribution in [0.5, 0.6) is 0 Å². The smallest absolute Gasteiger partial charge is 0.337 e. The number of carbonyl (C=O) groups excluding carboxylic acids is 2. The summed E-state index contributed by atoms with van der Waals surface area (Å²) in [6, 6.07) is 7.39. The van der Waals surface area contributed by atoms with Crippen LogP contribution in [0, 0.1) is 27.4 Å². The van der Waals surface area contributed by atoms with Gasteiger partial charge in [-0.3, -0.25) is 14.9 Å². The van der Waals surface area contributed by atoms with Gasteiger partial charge in [0.25, 0.3) is 5.69 Å². The lowest BCUT2D eigenvalue weighted by molar-refractivity contribution is -0.384. The number of rotatable bonds is 5. The number of carbonyl (C=O) groups is 2. The predicted molar refractivity (Wildman–Crippen MR) is 98.3 cm³/mol. The molecular weight excluding hydrogens is 366 g/mol. The Labute approximate surface area is 161 Å². The van der Waals surface area contributed by atoms with Crippen LogP contribution in [0.4, 0.5) is 5.69 Å². The average Bonchev–Trinajstić information content (AvgIpc) is 2.65. The lowest BCUT2D eigenvalue weighted by Gasteiger charge is -2.31. The second-order valence-electron chi connectivity index (χ2n) is 6.41. The van der Waals surface area contributed by atoms with Gasteiger partial charge in [0.15, 0.2) is 5.70 Å². The number of benzene rings is 1. The van der Waals surface area contributed by atoms with Crippen molar-refractivity contribution < 1.29 is 24.0 Å². The van der Waals surface area contributed by atoms with Crippen molar-refractivity contribution in [2.75, 3.05) is 7.11 Å². The number of allylic oxidation sites excluding steroid dienone is 1. The molecular formula is C19H19N3O6. The quantitative estimate of drug-likeness (QED) is 0.432. The predicted octanol–water partition coefficient (Wildman–Crippen LogP) is 2.67. The van der Waals surface area contributed by atoms with Crippen molar-refractivity contribution in [3.8, 4) is 6.07 Å². The van der Waals surface area contributed by atoms with Crippen molar-refractivity contribution in [2.24, 2.45) is 10.9 Å². The number of nitriles is 1. The minimum atomic E-state index is -1.03. The molecule has 0 saturated carbocycles. The van der Waals surface area contributed by atoms with Gasteiger partial charge in [0, 0.05) is 23.8 Å². The number of nitro groups is 1. The molecule has 0 fully saturated rings. The second-order valence-corrected chi connectivity index (χ2v) is 6.41. The van der Waals surface area contributed by atoms with Gasteiger partial charge in [-0.15, -0.1) is 0 Å². The molecule has 2 rings (SSSR count). The van der Waals surface area contributed by atoms with E-state index in [4.69, 9.17) is 9.47 Å². The topological polar surface area (TPSA) is 132 Å². The first-order valence-electron chi connectivity index (χ1n) is 8.43. The van der Waals surface area contributed by atoms with Crippen LogP contribution in [0.1, 0.15) is 32.3 Å².